The van der Waals surface area contributed by atoms with Gasteiger partial charge in [0, 0.05) is 12.5 Å². The minimum absolute atomic E-state index is 0.837. The molecule has 0 bridgehead atoms. The minimum atomic E-state index is -0.837. The first-order valence-corrected chi connectivity index (χ1v) is 12.5. The lowest BCUT2D eigenvalue weighted by molar-refractivity contribution is 0.306. The number of rotatable bonds is 9. The molecule has 1 aromatic carbocycles. The van der Waals surface area contributed by atoms with Gasteiger partial charge in [-0.3, -0.25) is 0 Å². The molecule has 0 N–H and O–H groups in total. The van der Waals surface area contributed by atoms with Crippen molar-refractivity contribution in [3.8, 4) is 5.75 Å². The van der Waals surface area contributed by atoms with Crippen LogP contribution in [0.15, 0.2) is 24.3 Å². The molecular formula is C16H27IOSi. The Kier molecular flexibility index (Phi) is 8.07. The monoisotopic (exact) mass is 390 g/mol. The SMILES string of the molecule is C[Si](C)(C)CCCCCOc1ccc(CCI)cc1. The van der Waals surface area contributed by atoms with Crippen LogP contribution in [0.2, 0.25) is 25.7 Å². The van der Waals surface area contributed by atoms with Crippen LogP contribution in [-0.4, -0.2) is 19.1 Å². The second-order valence-corrected chi connectivity index (χ2v) is 13.0. The van der Waals surface area contributed by atoms with Crippen molar-refractivity contribution in [2.75, 3.05) is 11.0 Å². The van der Waals surface area contributed by atoms with E-state index in [0.29, 0.717) is 0 Å². The van der Waals surface area contributed by atoms with Gasteiger partial charge in [0.15, 0.2) is 0 Å². The summed E-state index contributed by atoms with van der Waals surface area (Å²) in [6, 6.07) is 10.0. The molecule has 0 radical (unpaired) electrons. The van der Waals surface area contributed by atoms with E-state index < -0.39 is 8.07 Å². The summed E-state index contributed by atoms with van der Waals surface area (Å²) in [5, 5.41) is 0. The maximum Gasteiger partial charge on any atom is 0.119 e. The highest BCUT2D eigenvalue weighted by molar-refractivity contribution is 14.1. The van der Waals surface area contributed by atoms with Gasteiger partial charge in [0.05, 0.1) is 6.61 Å². The Morgan fingerprint density at radius 1 is 1.00 bits per heavy atom. The first kappa shape index (κ1) is 17.0. The van der Waals surface area contributed by atoms with Crippen molar-refractivity contribution in [2.45, 2.75) is 51.4 Å². The topological polar surface area (TPSA) is 9.23 Å². The molecule has 1 rings (SSSR count). The quantitative estimate of drug-likeness (QED) is 0.232. The van der Waals surface area contributed by atoms with E-state index in [1.54, 1.807) is 0 Å². The Hall–Kier alpha value is -0.0331. The fourth-order valence-corrected chi connectivity index (χ4v) is 3.92. The predicted molar refractivity (Wildman–Crippen MR) is 96.5 cm³/mol. The number of hydrogen-bond donors (Lipinski definition) is 0. The molecular weight excluding hydrogens is 363 g/mol. The van der Waals surface area contributed by atoms with E-state index in [4.69, 9.17) is 4.74 Å². The lowest BCUT2D eigenvalue weighted by Crippen LogP contribution is -2.18. The Bertz CT molecular complexity index is 343. The molecule has 0 fully saturated rings. The van der Waals surface area contributed by atoms with Crippen molar-refractivity contribution in [3.63, 3.8) is 0 Å². The zero-order valence-corrected chi connectivity index (χ0v) is 15.7. The molecule has 0 aliphatic carbocycles. The molecule has 19 heavy (non-hydrogen) atoms. The van der Waals surface area contributed by atoms with E-state index in [2.05, 4.69) is 66.5 Å². The van der Waals surface area contributed by atoms with E-state index in [1.165, 1.54) is 35.3 Å². The number of halogens is 1. The summed E-state index contributed by atoms with van der Waals surface area (Å²) in [7, 11) is -0.837. The molecule has 0 aliphatic rings. The molecule has 1 aromatic rings. The molecule has 0 aliphatic heterocycles. The highest BCUT2D eigenvalue weighted by Crippen LogP contribution is 2.16. The standard InChI is InChI=1S/C16H27IOSi/c1-19(2,3)14-6-4-5-13-18-16-9-7-15(8-10-16)11-12-17/h7-10H,4-6,11-14H2,1-3H3. The number of alkyl halides is 1. The molecule has 1 nitrogen and oxygen atoms in total. The molecule has 108 valence electrons. The van der Waals surface area contributed by atoms with Crippen molar-refractivity contribution in [1.82, 2.24) is 0 Å². The van der Waals surface area contributed by atoms with Crippen LogP contribution >= 0.6 is 22.6 Å². The molecule has 0 atom stereocenters. The summed E-state index contributed by atoms with van der Waals surface area (Å²) in [6.45, 7) is 8.19. The number of hydrogen-bond acceptors (Lipinski definition) is 1. The molecule has 0 heterocycles. The summed E-state index contributed by atoms with van der Waals surface area (Å²) >= 11 is 2.41. The largest absolute Gasteiger partial charge is 0.494 e. The summed E-state index contributed by atoms with van der Waals surface area (Å²) in [6.07, 6.45) is 5.00. The highest BCUT2D eigenvalue weighted by Gasteiger charge is 2.11. The van der Waals surface area contributed by atoms with E-state index in [0.717, 1.165) is 18.8 Å². The number of benzene rings is 1. The van der Waals surface area contributed by atoms with Gasteiger partial charge < -0.3 is 4.74 Å². The minimum Gasteiger partial charge on any atom is -0.494 e. The van der Waals surface area contributed by atoms with Gasteiger partial charge in [-0.25, -0.2) is 0 Å². The Morgan fingerprint density at radius 2 is 1.68 bits per heavy atom. The fraction of sp³-hybridized carbons (Fsp3) is 0.625. The van der Waals surface area contributed by atoms with Crippen LogP contribution in [0.4, 0.5) is 0 Å². The highest BCUT2D eigenvalue weighted by atomic mass is 127. The van der Waals surface area contributed by atoms with Crippen molar-refractivity contribution in [3.05, 3.63) is 29.8 Å². The van der Waals surface area contributed by atoms with Crippen LogP contribution < -0.4 is 4.74 Å². The average Bonchev–Trinajstić information content (AvgIpc) is 2.35. The molecule has 0 amide bonds. The zero-order chi connectivity index (χ0) is 14.1. The third kappa shape index (κ3) is 8.68. The van der Waals surface area contributed by atoms with Gasteiger partial charge in [0.1, 0.15) is 5.75 Å². The van der Waals surface area contributed by atoms with Crippen LogP contribution in [0.3, 0.4) is 0 Å². The average molecular weight is 390 g/mol. The zero-order valence-electron chi connectivity index (χ0n) is 12.5. The van der Waals surface area contributed by atoms with Crippen molar-refractivity contribution >= 4 is 30.7 Å². The smallest absolute Gasteiger partial charge is 0.119 e. The molecule has 0 spiro atoms. The van der Waals surface area contributed by atoms with Gasteiger partial charge in [-0.1, -0.05) is 73.3 Å². The predicted octanol–water partition coefficient (Wildman–Crippen LogP) is 5.55. The summed E-state index contributed by atoms with van der Waals surface area (Å²) in [4.78, 5) is 0. The van der Waals surface area contributed by atoms with E-state index in [-0.39, 0.29) is 0 Å². The van der Waals surface area contributed by atoms with Crippen LogP contribution in [-0.2, 0) is 6.42 Å². The van der Waals surface area contributed by atoms with Gasteiger partial charge in [-0.05, 0) is 30.5 Å². The van der Waals surface area contributed by atoms with Crippen molar-refractivity contribution in [2.24, 2.45) is 0 Å². The molecule has 0 aromatic heterocycles. The fourth-order valence-electron chi connectivity index (χ4n) is 1.99. The van der Waals surface area contributed by atoms with E-state index in [1.807, 2.05) is 0 Å². The van der Waals surface area contributed by atoms with Gasteiger partial charge in [-0.15, -0.1) is 0 Å². The van der Waals surface area contributed by atoms with Crippen LogP contribution in [0.25, 0.3) is 0 Å². The number of aryl methyl sites for hydroxylation is 1. The van der Waals surface area contributed by atoms with Crippen LogP contribution in [0.1, 0.15) is 24.8 Å². The van der Waals surface area contributed by atoms with Gasteiger partial charge in [0.25, 0.3) is 0 Å². The second kappa shape index (κ2) is 9.00. The molecule has 0 unspecified atom stereocenters. The lowest BCUT2D eigenvalue weighted by atomic mass is 10.2. The number of unbranched alkanes of at least 4 members (excludes halogenated alkanes) is 2. The Labute approximate surface area is 133 Å². The summed E-state index contributed by atoms with van der Waals surface area (Å²) in [5.41, 5.74) is 1.40. The molecule has 0 saturated heterocycles. The second-order valence-electron chi connectivity index (χ2n) is 6.30. The van der Waals surface area contributed by atoms with Crippen molar-refractivity contribution < 1.29 is 4.74 Å². The Morgan fingerprint density at radius 3 is 2.26 bits per heavy atom. The van der Waals surface area contributed by atoms with Crippen molar-refractivity contribution in [1.29, 1.82) is 0 Å². The third-order valence-corrected chi connectivity index (χ3v) is 5.54. The maximum absolute atomic E-state index is 5.78. The Balaban J connectivity index is 2.12. The van der Waals surface area contributed by atoms with Gasteiger partial charge in [0.2, 0.25) is 0 Å². The van der Waals surface area contributed by atoms with E-state index in [9.17, 15) is 0 Å². The van der Waals surface area contributed by atoms with Gasteiger partial charge in [-0.2, -0.15) is 0 Å². The first-order valence-electron chi connectivity index (χ1n) is 7.29. The van der Waals surface area contributed by atoms with E-state index >= 15 is 0 Å². The molecule has 0 saturated carbocycles. The normalized spacial score (nSPS) is 11.6. The molecule has 3 heteroatoms. The first-order chi connectivity index (χ1) is 9.01. The summed E-state index contributed by atoms with van der Waals surface area (Å²) in [5.74, 6) is 1.02. The van der Waals surface area contributed by atoms with Crippen LogP contribution in [0, 0.1) is 0 Å². The van der Waals surface area contributed by atoms with Crippen LogP contribution in [0.5, 0.6) is 5.75 Å². The summed E-state index contributed by atoms with van der Waals surface area (Å²) < 4.78 is 6.96. The lowest BCUT2D eigenvalue weighted by Gasteiger charge is -2.15. The maximum atomic E-state index is 5.78. The number of ether oxygens (including phenoxy) is 1. The van der Waals surface area contributed by atoms with Gasteiger partial charge >= 0.3 is 0 Å². The third-order valence-electron chi connectivity index (χ3n) is 3.15.